The molecule has 3 aliphatic rings. The topological polar surface area (TPSA) is 39.2 Å². The second-order valence-electron chi connectivity index (χ2n) is 6.83. The van der Waals surface area contributed by atoms with Crippen molar-refractivity contribution >= 4 is 5.97 Å². The van der Waals surface area contributed by atoms with Crippen LogP contribution in [0, 0.1) is 17.8 Å². The Labute approximate surface area is 131 Å². The van der Waals surface area contributed by atoms with Gasteiger partial charge in [-0.25, -0.2) is 0 Å². The third-order valence-corrected chi connectivity index (χ3v) is 6.01. The van der Waals surface area contributed by atoms with Crippen LogP contribution in [0.5, 0.6) is 0 Å². The summed E-state index contributed by atoms with van der Waals surface area (Å²) in [5, 5.41) is 0. The highest BCUT2D eigenvalue weighted by Crippen LogP contribution is 2.56. The van der Waals surface area contributed by atoms with E-state index in [-0.39, 0.29) is 23.7 Å². The molecule has 0 aromatic carbocycles. The van der Waals surface area contributed by atoms with Crippen LogP contribution in [0.15, 0.2) is 43.8 Å². The maximum atomic E-state index is 12.6. The SMILES string of the molecule is C=C[C@@H]1CC[C@@H](C=C)C12C[C@@H](C1Cc3cnccc31)C(=O)O2. The first kappa shape index (κ1) is 13.7. The molecule has 2 aliphatic carbocycles. The van der Waals surface area contributed by atoms with E-state index in [0.717, 1.165) is 25.7 Å². The summed E-state index contributed by atoms with van der Waals surface area (Å²) in [6.07, 6.45) is 11.5. The Morgan fingerprint density at radius 1 is 1.23 bits per heavy atom. The van der Waals surface area contributed by atoms with Crippen LogP contribution in [0.1, 0.15) is 36.3 Å². The maximum Gasteiger partial charge on any atom is 0.310 e. The third-order valence-electron chi connectivity index (χ3n) is 6.01. The molecule has 0 bridgehead atoms. The van der Waals surface area contributed by atoms with Gasteiger partial charge in [-0.1, -0.05) is 12.2 Å². The van der Waals surface area contributed by atoms with Crippen molar-refractivity contribution in [2.45, 2.75) is 37.2 Å². The number of aromatic nitrogens is 1. The lowest BCUT2D eigenvalue weighted by Gasteiger charge is -2.35. The van der Waals surface area contributed by atoms with Crippen molar-refractivity contribution in [3.63, 3.8) is 0 Å². The summed E-state index contributed by atoms with van der Waals surface area (Å²) in [5.41, 5.74) is 2.15. The first-order valence-corrected chi connectivity index (χ1v) is 8.10. The van der Waals surface area contributed by atoms with Crippen molar-refractivity contribution in [2.75, 3.05) is 0 Å². The minimum absolute atomic E-state index is 0.0297. The molecule has 4 atom stereocenters. The van der Waals surface area contributed by atoms with Crippen molar-refractivity contribution in [3.05, 3.63) is 54.9 Å². The van der Waals surface area contributed by atoms with Gasteiger partial charge in [-0.05, 0) is 36.5 Å². The minimum Gasteiger partial charge on any atom is -0.458 e. The Morgan fingerprint density at radius 3 is 2.59 bits per heavy atom. The minimum atomic E-state index is -0.395. The molecule has 0 radical (unpaired) electrons. The summed E-state index contributed by atoms with van der Waals surface area (Å²) in [7, 11) is 0. The molecule has 114 valence electrons. The molecule has 3 heteroatoms. The normalized spacial score (nSPS) is 34.8. The molecule has 1 aliphatic heterocycles. The van der Waals surface area contributed by atoms with Gasteiger partial charge in [0, 0.05) is 36.6 Å². The van der Waals surface area contributed by atoms with Gasteiger partial charge in [-0.15, -0.1) is 13.2 Å². The van der Waals surface area contributed by atoms with Gasteiger partial charge in [0.15, 0.2) is 0 Å². The zero-order chi connectivity index (χ0) is 15.3. The van der Waals surface area contributed by atoms with Crippen LogP contribution in [-0.4, -0.2) is 16.6 Å². The van der Waals surface area contributed by atoms with Crippen LogP contribution in [0.4, 0.5) is 0 Å². The zero-order valence-corrected chi connectivity index (χ0v) is 12.7. The second kappa shape index (κ2) is 4.80. The lowest BCUT2D eigenvalue weighted by molar-refractivity contribution is -0.154. The quantitative estimate of drug-likeness (QED) is 0.633. The number of esters is 1. The maximum absolute atomic E-state index is 12.6. The Balaban J connectivity index is 1.64. The lowest BCUT2D eigenvalue weighted by atomic mass is 9.67. The average Bonchev–Trinajstić information content (AvgIpc) is 3.01. The van der Waals surface area contributed by atoms with Gasteiger partial charge in [-0.3, -0.25) is 9.78 Å². The molecule has 1 unspecified atom stereocenters. The Morgan fingerprint density at radius 2 is 1.95 bits per heavy atom. The van der Waals surface area contributed by atoms with Gasteiger partial charge in [-0.2, -0.15) is 0 Å². The van der Waals surface area contributed by atoms with Crippen molar-refractivity contribution in [2.24, 2.45) is 17.8 Å². The molecule has 1 aromatic rings. The number of hydrogen-bond donors (Lipinski definition) is 0. The molecule has 4 rings (SSSR count). The zero-order valence-electron chi connectivity index (χ0n) is 12.7. The Hall–Kier alpha value is -1.90. The summed E-state index contributed by atoms with van der Waals surface area (Å²) in [4.78, 5) is 16.8. The number of rotatable bonds is 3. The van der Waals surface area contributed by atoms with E-state index < -0.39 is 5.60 Å². The summed E-state index contributed by atoms with van der Waals surface area (Å²) in [6.45, 7) is 7.92. The predicted molar refractivity (Wildman–Crippen MR) is 84.2 cm³/mol. The van der Waals surface area contributed by atoms with E-state index in [0.29, 0.717) is 5.92 Å². The Bertz CT molecular complexity index is 635. The van der Waals surface area contributed by atoms with Crippen LogP contribution >= 0.6 is 0 Å². The highest BCUT2D eigenvalue weighted by atomic mass is 16.6. The van der Waals surface area contributed by atoms with E-state index in [1.807, 2.05) is 30.6 Å². The molecule has 1 saturated heterocycles. The van der Waals surface area contributed by atoms with Gasteiger partial charge < -0.3 is 4.74 Å². The Kier molecular flexibility index (Phi) is 3.00. The third kappa shape index (κ3) is 1.68. The molecule has 0 N–H and O–H groups in total. The molecule has 3 nitrogen and oxygen atoms in total. The number of carbonyl (C=O) groups is 1. The first-order valence-electron chi connectivity index (χ1n) is 8.10. The fourth-order valence-electron chi connectivity index (χ4n) is 4.79. The number of pyridine rings is 1. The van der Waals surface area contributed by atoms with Gasteiger partial charge in [0.2, 0.25) is 0 Å². The number of ether oxygens (including phenoxy) is 1. The largest absolute Gasteiger partial charge is 0.458 e. The highest BCUT2D eigenvalue weighted by molar-refractivity contribution is 5.78. The highest BCUT2D eigenvalue weighted by Gasteiger charge is 2.59. The van der Waals surface area contributed by atoms with Crippen LogP contribution in [0.25, 0.3) is 0 Å². The second-order valence-corrected chi connectivity index (χ2v) is 6.83. The van der Waals surface area contributed by atoms with E-state index in [2.05, 4.69) is 18.1 Å². The van der Waals surface area contributed by atoms with E-state index >= 15 is 0 Å². The molecule has 1 aromatic heterocycles. The van der Waals surface area contributed by atoms with Crippen LogP contribution < -0.4 is 0 Å². The van der Waals surface area contributed by atoms with E-state index in [9.17, 15) is 4.79 Å². The fraction of sp³-hybridized carbons (Fsp3) is 0.474. The van der Waals surface area contributed by atoms with Gasteiger partial charge in [0.25, 0.3) is 0 Å². The number of carbonyl (C=O) groups excluding carboxylic acids is 1. The first-order chi connectivity index (χ1) is 10.7. The predicted octanol–water partition coefficient (Wildman–Crippen LogP) is 3.42. The number of nitrogens with zero attached hydrogens (tertiary/aromatic N) is 1. The summed E-state index contributed by atoms with van der Waals surface area (Å²) >= 11 is 0. The molecule has 22 heavy (non-hydrogen) atoms. The molecule has 0 amide bonds. The summed E-state index contributed by atoms with van der Waals surface area (Å²) in [5.74, 6) is 0.732. The molecular formula is C19H21NO2. The number of hydrogen-bond acceptors (Lipinski definition) is 3. The summed E-state index contributed by atoms with van der Waals surface area (Å²) < 4.78 is 6.00. The van der Waals surface area contributed by atoms with Crippen molar-refractivity contribution in [1.29, 1.82) is 0 Å². The van der Waals surface area contributed by atoms with E-state index in [1.165, 1.54) is 11.1 Å². The van der Waals surface area contributed by atoms with Crippen LogP contribution in [-0.2, 0) is 16.0 Å². The van der Waals surface area contributed by atoms with Gasteiger partial charge in [0.1, 0.15) is 5.60 Å². The van der Waals surface area contributed by atoms with E-state index in [4.69, 9.17) is 4.74 Å². The number of fused-ring (bicyclic) bond motifs is 1. The standard InChI is InChI=1S/C19H21NO2/c1-3-13-5-6-14(4-2)19(13)10-17(18(21)22-19)16-9-12-11-20-8-7-15(12)16/h3-4,7-8,11,13-14,16-17H,1-2,5-6,9-10H2/t13-,14-,16?,17+/m1/s1. The smallest absolute Gasteiger partial charge is 0.310 e. The molecular weight excluding hydrogens is 274 g/mol. The lowest BCUT2D eigenvalue weighted by Crippen LogP contribution is -2.38. The van der Waals surface area contributed by atoms with E-state index in [1.54, 1.807) is 0 Å². The average molecular weight is 295 g/mol. The monoisotopic (exact) mass is 295 g/mol. The van der Waals surface area contributed by atoms with Crippen molar-refractivity contribution in [3.8, 4) is 0 Å². The van der Waals surface area contributed by atoms with Crippen LogP contribution in [0.2, 0.25) is 0 Å². The molecule has 2 fully saturated rings. The van der Waals surface area contributed by atoms with Gasteiger partial charge >= 0.3 is 5.97 Å². The molecule has 1 saturated carbocycles. The van der Waals surface area contributed by atoms with Crippen molar-refractivity contribution in [1.82, 2.24) is 4.98 Å². The molecule has 1 spiro atoms. The fourth-order valence-corrected chi connectivity index (χ4v) is 4.79. The van der Waals surface area contributed by atoms with Crippen molar-refractivity contribution < 1.29 is 9.53 Å². The summed E-state index contributed by atoms with van der Waals surface area (Å²) in [6, 6.07) is 2.05. The van der Waals surface area contributed by atoms with Gasteiger partial charge in [0.05, 0.1) is 5.92 Å². The van der Waals surface area contributed by atoms with Crippen LogP contribution in [0.3, 0.4) is 0 Å². The molecule has 2 heterocycles.